The molecule has 2 rings (SSSR count). The van der Waals surface area contributed by atoms with E-state index in [1.54, 1.807) is 0 Å². The first-order valence-corrected chi connectivity index (χ1v) is 6.27. The molecule has 0 saturated heterocycles. The largest absolute Gasteiger partial charge is 0.481 e. The van der Waals surface area contributed by atoms with Crippen molar-refractivity contribution in [2.45, 2.75) is 57.8 Å². The fourth-order valence-electron chi connectivity index (χ4n) is 2.25. The molecule has 94 valence electrons. The molecule has 1 aliphatic rings. The second-order valence-electron chi connectivity index (χ2n) is 5.47. The highest BCUT2D eigenvalue weighted by Crippen LogP contribution is 2.33. The number of H-pyrrole nitrogens is 1. The van der Waals surface area contributed by atoms with E-state index in [9.17, 15) is 9.90 Å². The van der Waals surface area contributed by atoms with Crippen LogP contribution < -0.4 is 0 Å². The number of rotatable bonds is 3. The first-order valence-electron chi connectivity index (χ1n) is 6.27. The molecule has 1 aromatic heterocycles. The number of aromatic nitrogens is 2. The van der Waals surface area contributed by atoms with Gasteiger partial charge in [0.2, 0.25) is 0 Å². The average Bonchev–Trinajstić information content (AvgIpc) is 2.72. The zero-order chi connectivity index (χ0) is 12.6. The van der Waals surface area contributed by atoms with Crippen molar-refractivity contribution in [2.24, 2.45) is 0 Å². The van der Waals surface area contributed by atoms with Gasteiger partial charge in [-0.15, -0.1) is 0 Å². The summed E-state index contributed by atoms with van der Waals surface area (Å²) in [6, 6.07) is 0. The maximum atomic E-state index is 11.2. The molecule has 2 N–H and O–H groups in total. The van der Waals surface area contributed by atoms with Gasteiger partial charge < -0.3 is 10.1 Å². The Kier molecular flexibility index (Phi) is 2.98. The van der Waals surface area contributed by atoms with E-state index < -0.39 is 11.9 Å². The molecule has 0 spiro atoms. The summed E-state index contributed by atoms with van der Waals surface area (Å²) in [6.45, 7) is 6.39. The van der Waals surface area contributed by atoms with Crippen molar-refractivity contribution in [1.82, 2.24) is 9.97 Å². The predicted molar refractivity (Wildman–Crippen MR) is 65.2 cm³/mol. The van der Waals surface area contributed by atoms with Crippen LogP contribution in [0.5, 0.6) is 0 Å². The fourth-order valence-corrected chi connectivity index (χ4v) is 2.25. The number of carbonyl (C=O) groups is 1. The maximum Gasteiger partial charge on any atom is 0.312 e. The van der Waals surface area contributed by atoms with Crippen LogP contribution in [0.2, 0.25) is 0 Å². The van der Waals surface area contributed by atoms with Crippen molar-refractivity contribution in [3.05, 3.63) is 17.2 Å². The summed E-state index contributed by atoms with van der Waals surface area (Å²) >= 11 is 0. The molecule has 1 unspecified atom stereocenters. The SMILES string of the molecule is CCC(C)(C)c1nc2c([nH]1)CCCC2C(=O)O. The summed E-state index contributed by atoms with van der Waals surface area (Å²) in [4.78, 5) is 19.1. The number of fused-ring (bicyclic) bond motifs is 1. The highest BCUT2D eigenvalue weighted by atomic mass is 16.4. The molecule has 1 aliphatic carbocycles. The van der Waals surface area contributed by atoms with Gasteiger partial charge in [-0.25, -0.2) is 4.98 Å². The molecule has 4 nitrogen and oxygen atoms in total. The van der Waals surface area contributed by atoms with Crippen LogP contribution in [0, 0.1) is 0 Å². The number of aromatic amines is 1. The van der Waals surface area contributed by atoms with E-state index in [-0.39, 0.29) is 5.41 Å². The van der Waals surface area contributed by atoms with Crippen LogP contribution in [0.25, 0.3) is 0 Å². The molecular weight excluding hydrogens is 216 g/mol. The van der Waals surface area contributed by atoms with Gasteiger partial charge in [-0.1, -0.05) is 20.8 Å². The third-order valence-corrected chi connectivity index (χ3v) is 3.88. The number of hydrogen-bond donors (Lipinski definition) is 2. The number of carboxylic acid groups (broad SMARTS) is 1. The van der Waals surface area contributed by atoms with Gasteiger partial charge in [0.05, 0.1) is 5.69 Å². The Balaban J connectivity index is 2.40. The predicted octanol–water partition coefficient (Wildman–Crippen LogP) is 2.60. The minimum absolute atomic E-state index is 0.0135. The lowest BCUT2D eigenvalue weighted by Crippen LogP contribution is -2.19. The van der Waals surface area contributed by atoms with E-state index in [2.05, 4.69) is 30.7 Å². The molecule has 1 atom stereocenters. The second kappa shape index (κ2) is 4.17. The molecule has 0 saturated carbocycles. The van der Waals surface area contributed by atoms with Gasteiger partial charge in [0.25, 0.3) is 0 Å². The number of nitrogens with one attached hydrogen (secondary N) is 1. The zero-order valence-corrected chi connectivity index (χ0v) is 10.7. The van der Waals surface area contributed by atoms with Crippen LogP contribution in [-0.4, -0.2) is 21.0 Å². The van der Waals surface area contributed by atoms with Crippen LogP contribution in [-0.2, 0) is 16.6 Å². The van der Waals surface area contributed by atoms with Crippen molar-refractivity contribution in [1.29, 1.82) is 0 Å². The van der Waals surface area contributed by atoms with Gasteiger partial charge >= 0.3 is 5.97 Å². The summed E-state index contributed by atoms with van der Waals surface area (Å²) in [7, 11) is 0. The number of aliphatic carboxylic acids is 1. The molecular formula is C13H20N2O2. The molecule has 0 fully saturated rings. The van der Waals surface area contributed by atoms with Crippen LogP contribution in [0.15, 0.2) is 0 Å². The Morgan fingerprint density at radius 2 is 2.29 bits per heavy atom. The third-order valence-electron chi connectivity index (χ3n) is 3.88. The summed E-state index contributed by atoms with van der Waals surface area (Å²) in [5.74, 6) is -0.243. The Hall–Kier alpha value is -1.32. The van der Waals surface area contributed by atoms with Crippen molar-refractivity contribution in [3.63, 3.8) is 0 Å². The normalized spacial score (nSPS) is 20.1. The number of nitrogens with zero attached hydrogens (tertiary/aromatic N) is 1. The minimum atomic E-state index is -0.752. The molecule has 1 aromatic rings. The van der Waals surface area contributed by atoms with E-state index in [1.165, 1.54) is 0 Å². The van der Waals surface area contributed by atoms with Gasteiger partial charge in [-0.3, -0.25) is 4.79 Å². The van der Waals surface area contributed by atoms with Crippen LogP contribution in [0.3, 0.4) is 0 Å². The summed E-state index contributed by atoms with van der Waals surface area (Å²) in [5.41, 5.74) is 1.78. The van der Waals surface area contributed by atoms with Gasteiger partial charge in [-0.2, -0.15) is 0 Å². The molecule has 0 amide bonds. The maximum absolute atomic E-state index is 11.2. The Morgan fingerprint density at radius 1 is 1.59 bits per heavy atom. The lowest BCUT2D eigenvalue weighted by atomic mass is 9.89. The van der Waals surface area contributed by atoms with Crippen LogP contribution >= 0.6 is 0 Å². The van der Waals surface area contributed by atoms with Gasteiger partial charge in [0, 0.05) is 11.1 Å². The standard InChI is InChI=1S/C13H20N2O2/c1-4-13(2,3)12-14-9-7-5-6-8(11(16)17)10(9)15-12/h8H,4-7H2,1-3H3,(H,14,15)(H,16,17). The van der Waals surface area contributed by atoms with Crippen molar-refractivity contribution < 1.29 is 9.90 Å². The molecule has 0 aromatic carbocycles. The van der Waals surface area contributed by atoms with Crippen molar-refractivity contribution in [2.75, 3.05) is 0 Å². The number of imidazole rings is 1. The molecule has 1 heterocycles. The quantitative estimate of drug-likeness (QED) is 0.847. The Bertz CT molecular complexity index is 435. The highest BCUT2D eigenvalue weighted by Gasteiger charge is 2.32. The van der Waals surface area contributed by atoms with Crippen molar-refractivity contribution in [3.8, 4) is 0 Å². The average molecular weight is 236 g/mol. The summed E-state index contributed by atoms with van der Waals surface area (Å²) in [6.07, 6.45) is 3.54. The van der Waals surface area contributed by atoms with Gasteiger partial charge in [-0.05, 0) is 25.7 Å². The monoisotopic (exact) mass is 236 g/mol. The van der Waals surface area contributed by atoms with E-state index in [0.29, 0.717) is 6.42 Å². The van der Waals surface area contributed by atoms with Crippen molar-refractivity contribution >= 4 is 5.97 Å². The molecule has 0 aliphatic heterocycles. The second-order valence-corrected chi connectivity index (χ2v) is 5.47. The van der Waals surface area contributed by atoms with E-state index >= 15 is 0 Å². The highest BCUT2D eigenvalue weighted by molar-refractivity contribution is 5.76. The molecule has 17 heavy (non-hydrogen) atoms. The topological polar surface area (TPSA) is 66.0 Å². The van der Waals surface area contributed by atoms with E-state index in [4.69, 9.17) is 0 Å². The van der Waals surface area contributed by atoms with Gasteiger partial charge in [0.15, 0.2) is 0 Å². The fraction of sp³-hybridized carbons (Fsp3) is 0.692. The number of aryl methyl sites for hydroxylation is 1. The Labute approximate surface area is 101 Å². The first-order chi connectivity index (χ1) is 7.95. The van der Waals surface area contributed by atoms with Gasteiger partial charge in [0.1, 0.15) is 11.7 Å². The minimum Gasteiger partial charge on any atom is -0.481 e. The lowest BCUT2D eigenvalue weighted by Gasteiger charge is -2.19. The summed E-state index contributed by atoms with van der Waals surface area (Å²) < 4.78 is 0. The van der Waals surface area contributed by atoms with E-state index in [0.717, 1.165) is 36.5 Å². The Morgan fingerprint density at radius 3 is 2.88 bits per heavy atom. The number of carboxylic acids is 1. The molecule has 4 heteroatoms. The third kappa shape index (κ3) is 2.08. The number of hydrogen-bond acceptors (Lipinski definition) is 2. The smallest absolute Gasteiger partial charge is 0.312 e. The lowest BCUT2D eigenvalue weighted by molar-refractivity contribution is -0.139. The first kappa shape index (κ1) is 12.1. The zero-order valence-electron chi connectivity index (χ0n) is 10.7. The van der Waals surface area contributed by atoms with Crippen LogP contribution in [0.1, 0.15) is 63.2 Å². The summed E-state index contributed by atoms with van der Waals surface area (Å²) in [5, 5.41) is 9.20. The van der Waals surface area contributed by atoms with E-state index in [1.807, 2.05) is 0 Å². The molecule has 0 bridgehead atoms. The van der Waals surface area contributed by atoms with Crippen LogP contribution in [0.4, 0.5) is 0 Å². The molecule has 0 radical (unpaired) electrons.